The van der Waals surface area contributed by atoms with Crippen molar-refractivity contribution in [1.82, 2.24) is 4.72 Å². The van der Waals surface area contributed by atoms with E-state index >= 15 is 0 Å². The van der Waals surface area contributed by atoms with Crippen LogP contribution in [0.15, 0.2) is 34.0 Å². The lowest BCUT2D eigenvalue weighted by molar-refractivity contribution is -0.134. The Labute approximate surface area is 186 Å². The zero-order valence-electron chi connectivity index (χ0n) is 17.6. The normalized spacial score (nSPS) is 28.7. The fourth-order valence-corrected chi connectivity index (χ4v) is 6.83. The van der Waals surface area contributed by atoms with Gasteiger partial charge in [0.25, 0.3) is 0 Å². The SMILES string of the molecule is CCCC[C@@H]1CN(C23CC(C2)C3)c2cc(SC)c(O/C=C(\F)C(=O)O)cc2S(=O)(=O)N1. The first-order chi connectivity index (χ1) is 14.7. The van der Waals surface area contributed by atoms with Crippen LogP contribution in [0.4, 0.5) is 10.1 Å². The summed E-state index contributed by atoms with van der Waals surface area (Å²) >= 11 is 1.33. The molecule has 10 heteroatoms. The molecular weight excluding hydrogens is 443 g/mol. The van der Waals surface area contributed by atoms with Gasteiger partial charge in [0, 0.05) is 24.2 Å². The van der Waals surface area contributed by atoms with E-state index in [1.54, 1.807) is 6.07 Å². The van der Waals surface area contributed by atoms with Gasteiger partial charge in [-0.1, -0.05) is 19.8 Å². The molecule has 0 radical (unpaired) electrons. The third-order valence-electron chi connectivity index (χ3n) is 6.53. The molecule has 2 N–H and O–H groups in total. The third-order valence-corrected chi connectivity index (χ3v) is 8.84. The van der Waals surface area contributed by atoms with Crippen molar-refractivity contribution in [3.63, 3.8) is 0 Å². The van der Waals surface area contributed by atoms with Crippen molar-refractivity contribution in [1.29, 1.82) is 0 Å². The molecule has 1 aromatic rings. The number of benzene rings is 1. The molecule has 31 heavy (non-hydrogen) atoms. The Bertz CT molecular complexity index is 1010. The average Bonchev–Trinajstić information content (AvgIpc) is 2.75. The summed E-state index contributed by atoms with van der Waals surface area (Å²) in [6.07, 6.45) is 8.19. The molecule has 7 nitrogen and oxygen atoms in total. The standard InChI is InChI=1S/C21H27FN2O5S2/c1-3-4-5-14-11-24(21-8-13(9-21)10-21)16-6-18(30-2)17(29-12-15(22)20(25)26)7-19(16)31(27,28)23-14/h6-7,12-14,23H,3-5,8-11H2,1-2H3,(H,25,26)/b15-12-/t13?,14-,21?/m1/s1. The summed E-state index contributed by atoms with van der Waals surface area (Å²) in [5, 5.41) is 8.72. The number of carbonyl (C=O) groups is 1. The molecule has 0 aromatic heterocycles. The number of sulfonamides is 1. The van der Waals surface area contributed by atoms with Crippen molar-refractivity contribution in [2.45, 2.75) is 66.8 Å². The second kappa shape index (κ2) is 8.29. The summed E-state index contributed by atoms with van der Waals surface area (Å²) in [6.45, 7) is 2.69. The molecule has 2 bridgehead atoms. The van der Waals surface area contributed by atoms with E-state index in [1.165, 1.54) is 17.8 Å². The van der Waals surface area contributed by atoms with Crippen molar-refractivity contribution in [2.75, 3.05) is 17.7 Å². The number of aliphatic carboxylic acids is 1. The maximum Gasteiger partial charge on any atom is 0.368 e. The van der Waals surface area contributed by atoms with Gasteiger partial charge in [-0.15, -0.1) is 11.8 Å². The highest BCUT2D eigenvalue weighted by atomic mass is 32.2. The van der Waals surface area contributed by atoms with Crippen LogP contribution in [0.5, 0.6) is 5.75 Å². The zero-order valence-corrected chi connectivity index (χ0v) is 19.2. The first-order valence-corrected chi connectivity index (χ1v) is 13.2. The Morgan fingerprint density at radius 1 is 1.42 bits per heavy atom. The zero-order chi connectivity index (χ0) is 22.4. The van der Waals surface area contributed by atoms with Crippen molar-refractivity contribution >= 4 is 33.4 Å². The molecule has 1 aliphatic heterocycles. The number of carboxylic acids is 1. The number of carboxylic acid groups (broad SMARTS) is 1. The maximum atomic E-state index is 13.4. The van der Waals surface area contributed by atoms with Crippen molar-refractivity contribution in [2.24, 2.45) is 5.92 Å². The van der Waals surface area contributed by atoms with Gasteiger partial charge >= 0.3 is 5.97 Å². The monoisotopic (exact) mass is 470 g/mol. The number of unbranched alkanes of at least 4 members (excludes halogenated alkanes) is 1. The predicted molar refractivity (Wildman–Crippen MR) is 117 cm³/mol. The van der Waals surface area contributed by atoms with Gasteiger partial charge in [-0.05, 0) is 43.9 Å². The number of hydrogen-bond acceptors (Lipinski definition) is 6. The molecular formula is C21H27FN2O5S2. The summed E-state index contributed by atoms with van der Waals surface area (Å²) in [5.41, 5.74) is 0.655. The lowest BCUT2D eigenvalue weighted by atomic mass is 9.49. The van der Waals surface area contributed by atoms with Crippen LogP contribution in [0.1, 0.15) is 45.4 Å². The van der Waals surface area contributed by atoms with Gasteiger partial charge in [-0.25, -0.2) is 17.9 Å². The lowest BCUT2D eigenvalue weighted by Crippen LogP contribution is -2.69. The Morgan fingerprint density at radius 2 is 2.13 bits per heavy atom. The molecule has 0 unspecified atom stereocenters. The second-order valence-electron chi connectivity index (χ2n) is 8.63. The molecule has 1 atom stereocenters. The summed E-state index contributed by atoms with van der Waals surface area (Å²) in [7, 11) is -3.83. The highest BCUT2D eigenvalue weighted by Gasteiger charge is 2.61. The predicted octanol–water partition coefficient (Wildman–Crippen LogP) is 3.89. The molecule has 4 aliphatic rings. The van der Waals surface area contributed by atoms with Crippen LogP contribution in [-0.2, 0) is 14.8 Å². The van der Waals surface area contributed by atoms with Crippen molar-refractivity contribution < 1.29 is 27.4 Å². The third kappa shape index (κ3) is 4.05. The number of hydrogen-bond donors (Lipinski definition) is 2. The first kappa shape index (κ1) is 22.4. The molecule has 0 saturated heterocycles. The van der Waals surface area contributed by atoms with E-state index in [1.807, 2.05) is 6.26 Å². The van der Waals surface area contributed by atoms with Crippen LogP contribution in [-0.4, -0.2) is 43.9 Å². The molecule has 1 aromatic carbocycles. The van der Waals surface area contributed by atoms with E-state index in [2.05, 4.69) is 16.5 Å². The van der Waals surface area contributed by atoms with Gasteiger partial charge in [0.15, 0.2) is 0 Å². The second-order valence-corrected chi connectivity index (χ2v) is 11.2. The summed E-state index contributed by atoms with van der Waals surface area (Å²) < 4.78 is 48.1. The summed E-state index contributed by atoms with van der Waals surface area (Å²) in [6, 6.07) is 2.97. The van der Waals surface area contributed by atoms with Gasteiger partial charge in [0.2, 0.25) is 15.9 Å². The number of rotatable bonds is 8. The van der Waals surface area contributed by atoms with E-state index in [4.69, 9.17) is 9.84 Å². The quantitative estimate of drug-likeness (QED) is 0.338. The van der Waals surface area contributed by atoms with Gasteiger partial charge in [-0.2, -0.15) is 4.39 Å². The summed E-state index contributed by atoms with van der Waals surface area (Å²) in [5.74, 6) is -2.36. The Hall–Kier alpha value is -1.78. The summed E-state index contributed by atoms with van der Waals surface area (Å²) in [4.78, 5) is 13.7. The van der Waals surface area contributed by atoms with Crippen LogP contribution < -0.4 is 14.4 Å². The van der Waals surface area contributed by atoms with Gasteiger partial charge in [0.1, 0.15) is 16.9 Å². The minimum absolute atomic E-state index is 0.0127. The average molecular weight is 471 g/mol. The molecule has 3 fully saturated rings. The first-order valence-electron chi connectivity index (χ1n) is 10.5. The van der Waals surface area contributed by atoms with E-state index in [0.29, 0.717) is 23.4 Å². The fourth-order valence-electron chi connectivity index (χ4n) is 4.83. The number of fused-ring (bicyclic) bond motifs is 1. The largest absolute Gasteiger partial charge is 0.476 e. The fraction of sp³-hybridized carbons (Fsp3) is 0.571. The van der Waals surface area contributed by atoms with Gasteiger partial charge in [0.05, 0.1) is 10.6 Å². The number of halogens is 1. The number of nitrogens with one attached hydrogen (secondary N) is 1. The number of nitrogens with zero attached hydrogens (tertiary/aromatic N) is 1. The van der Waals surface area contributed by atoms with Crippen molar-refractivity contribution in [3.05, 3.63) is 24.2 Å². The number of ether oxygens (including phenoxy) is 1. The molecule has 0 amide bonds. The minimum atomic E-state index is -3.83. The van der Waals surface area contributed by atoms with Gasteiger partial charge in [-0.3, -0.25) is 0 Å². The van der Waals surface area contributed by atoms with E-state index in [0.717, 1.165) is 44.4 Å². The van der Waals surface area contributed by atoms with E-state index in [9.17, 15) is 17.6 Å². The van der Waals surface area contributed by atoms with Crippen LogP contribution in [0.2, 0.25) is 0 Å². The smallest absolute Gasteiger partial charge is 0.368 e. The molecule has 5 rings (SSSR count). The highest BCUT2D eigenvalue weighted by Crippen LogP contribution is 2.62. The van der Waals surface area contributed by atoms with Crippen LogP contribution in [0.3, 0.4) is 0 Å². The van der Waals surface area contributed by atoms with Crippen LogP contribution in [0, 0.1) is 5.92 Å². The molecule has 1 heterocycles. The van der Waals surface area contributed by atoms with Crippen molar-refractivity contribution in [3.8, 4) is 5.75 Å². The van der Waals surface area contributed by atoms with Crippen LogP contribution in [0.25, 0.3) is 0 Å². The molecule has 3 saturated carbocycles. The highest BCUT2D eigenvalue weighted by molar-refractivity contribution is 7.98. The lowest BCUT2D eigenvalue weighted by Gasteiger charge is -2.67. The Kier molecular flexibility index (Phi) is 5.99. The van der Waals surface area contributed by atoms with E-state index < -0.39 is 21.8 Å². The maximum absolute atomic E-state index is 13.4. The minimum Gasteiger partial charge on any atom is -0.476 e. The molecule has 0 spiro atoms. The Balaban J connectivity index is 1.78. The number of thioether (sulfide) groups is 1. The molecule has 170 valence electrons. The topological polar surface area (TPSA) is 95.9 Å². The molecule has 3 aliphatic carbocycles. The Morgan fingerprint density at radius 3 is 2.68 bits per heavy atom. The van der Waals surface area contributed by atoms with Crippen LogP contribution >= 0.6 is 11.8 Å². The number of anilines is 1. The van der Waals surface area contributed by atoms with Gasteiger partial charge < -0.3 is 14.7 Å². The van der Waals surface area contributed by atoms with E-state index in [-0.39, 0.29) is 22.2 Å².